The van der Waals surface area contributed by atoms with Gasteiger partial charge in [-0.05, 0) is 6.07 Å². The van der Waals surface area contributed by atoms with Crippen LogP contribution in [-0.2, 0) is 4.74 Å². The monoisotopic (exact) mass is 226 g/mol. The number of aldehydes is 1. The van der Waals surface area contributed by atoms with Gasteiger partial charge in [-0.25, -0.2) is 4.79 Å². The highest BCUT2D eigenvalue weighted by Crippen LogP contribution is 2.33. The van der Waals surface area contributed by atoms with Crippen LogP contribution in [0.2, 0.25) is 0 Å². The van der Waals surface area contributed by atoms with Crippen molar-refractivity contribution in [3.63, 3.8) is 0 Å². The van der Waals surface area contributed by atoms with E-state index in [1.54, 1.807) is 11.4 Å². The van der Waals surface area contributed by atoms with Crippen molar-refractivity contribution in [2.24, 2.45) is 0 Å². The zero-order valence-corrected chi connectivity index (χ0v) is 8.91. The molecule has 0 spiro atoms. The molecule has 0 aromatic carbocycles. The van der Waals surface area contributed by atoms with E-state index in [0.29, 0.717) is 10.4 Å². The normalized spacial score (nSPS) is 10.4. The van der Waals surface area contributed by atoms with Gasteiger partial charge in [-0.15, -0.1) is 22.7 Å². The van der Waals surface area contributed by atoms with Crippen molar-refractivity contribution in [1.82, 2.24) is 0 Å². The highest BCUT2D eigenvalue weighted by atomic mass is 32.2. The maximum atomic E-state index is 11.3. The van der Waals surface area contributed by atoms with Gasteiger partial charge in [0.25, 0.3) is 0 Å². The van der Waals surface area contributed by atoms with E-state index in [4.69, 9.17) is 0 Å². The summed E-state index contributed by atoms with van der Waals surface area (Å²) in [6, 6.07) is 1.72. The Balaban J connectivity index is 2.60. The lowest BCUT2D eigenvalue weighted by Crippen LogP contribution is -1.98. The minimum atomic E-state index is -0.355. The second kappa shape index (κ2) is 3.51. The summed E-state index contributed by atoms with van der Waals surface area (Å²) in [6.07, 6.45) is 0.790. The highest BCUT2D eigenvalue weighted by Gasteiger charge is 2.14. The lowest BCUT2D eigenvalue weighted by atomic mass is 10.2. The summed E-state index contributed by atoms with van der Waals surface area (Å²) >= 11 is 2.84. The number of thiophene rings is 2. The van der Waals surface area contributed by atoms with Crippen LogP contribution < -0.4 is 0 Å². The van der Waals surface area contributed by atoms with Crippen molar-refractivity contribution < 1.29 is 14.3 Å². The zero-order valence-electron chi connectivity index (χ0n) is 7.27. The number of carbonyl (C=O) groups excluding carboxylic acids is 2. The molecule has 0 atom stereocenters. The van der Waals surface area contributed by atoms with Crippen LogP contribution in [0.3, 0.4) is 0 Å². The van der Waals surface area contributed by atoms with Crippen molar-refractivity contribution in [2.45, 2.75) is 0 Å². The van der Waals surface area contributed by atoms with E-state index in [1.165, 1.54) is 29.8 Å². The molecule has 0 saturated carbocycles. The highest BCUT2D eigenvalue weighted by molar-refractivity contribution is 7.38. The molecular formula is C9H6O3S2. The molecule has 2 aromatic heterocycles. The third kappa shape index (κ3) is 1.34. The van der Waals surface area contributed by atoms with Gasteiger partial charge in [0.2, 0.25) is 0 Å². The average Bonchev–Trinajstić information content (AvgIpc) is 2.74. The van der Waals surface area contributed by atoms with Crippen LogP contribution >= 0.6 is 22.7 Å². The van der Waals surface area contributed by atoms with Crippen molar-refractivity contribution in [3.8, 4) is 0 Å². The number of methoxy groups -OCH3 is 1. The van der Waals surface area contributed by atoms with Gasteiger partial charge in [-0.3, -0.25) is 4.79 Å². The van der Waals surface area contributed by atoms with Gasteiger partial charge in [-0.2, -0.15) is 0 Å². The first-order valence-electron chi connectivity index (χ1n) is 3.80. The lowest BCUT2D eigenvalue weighted by Gasteiger charge is -1.93. The second-order valence-electron chi connectivity index (χ2n) is 2.61. The fourth-order valence-electron chi connectivity index (χ4n) is 1.17. The number of carbonyl (C=O) groups is 2. The first-order valence-corrected chi connectivity index (χ1v) is 5.50. The number of ether oxygens (including phenoxy) is 1. The number of hydrogen-bond donors (Lipinski definition) is 0. The molecule has 0 aliphatic heterocycles. The molecule has 0 bridgehead atoms. The van der Waals surface area contributed by atoms with E-state index in [2.05, 4.69) is 4.74 Å². The topological polar surface area (TPSA) is 43.4 Å². The molecule has 5 heteroatoms. The van der Waals surface area contributed by atoms with E-state index in [1.807, 2.05) is 0 Å². The molecule has 2 rings (SSSR count). The Hall–Kier alpha value is -1.20. The van der Waals surface area contributed by atoms with E-state index in [0.717, 1.165) is 15.7 Å². The molecule has 0 fully saturated rings. The fourth-order valence-corrected chi connectivity index (χ4v) is 3.26. The first-order chi connectivity index (χ1) is 6.76. The molecule has 3 nitrogen and oxygen atoms in total. The summed E-state index contributed by atoms with van der Waals surface area (Å²) in [5.41, 5.74) is 0.539. The summed E-state index contributed by atoms with van der Waals surface area (Å²) < 4.78 is 5.61. The number of fused-ring (bicyclic) bond motifs is 1. The van der Waals surface area contributed by atoms with E-state index in [9.17, 15) is 9.59 Å². The molecule has 2 heterocycles. The van der Waals surface area contributed by atoms with Crippen LogP contribution in [-0.4, -0.2) is 19.4 Å². The Morgan fingerprint density at radius 3 is 3.00 bits per heavy atom. The van der Waals surface area contributed by atoms with E-state index >= 15 is 0 Å². The molecule has 0 radical (unpaired) electrons. The third-order valence-corrected chi connectivity index (χ3v) is 3.99. The largest absolute Gasteiger partial charge is 0.465 e. The summed E-state index contributed by atoms with van der Waals surface area (Å²) in [6.45, 7) is 0. The minimum Gasteiger partial charge on any atom is -0.465 e. The van der Waals surface area contributed by atoms with Crippen molar-refractivity contribution in [3.05, 3.63) is 21.9 Å². The van der Waals surface area contributed by atoms with Gasteiger partial charge in [0, 0.05) is 10.8 Å². The molecule has 2 aromatic rings. The maximum absolute atomic E-state index is 11.3. The average molecular weight is 226 g/mol. The Labute approximate surface area is 87.9 Å². The predicted octanol–water partition coefficient (Wildman–Crippen LogP) is 2.56. The van der Waals surface area contributed by atoms with Crippen LogP contribution in [0.15, 0.2) is 11.4 Å². The van der Waals surface area contributed by atoms with E-state index < -0.39 is 0 Å². The van der Waals surface area contributed by atoms with E-state index in [-0.39, 0.29) is 5.97 Å². The summed E-state index contributed by atoms with van der Waals surface area (Å²) in [5, 5.41) is 2.57. The predicted molar refractivity (Wildman–Crippen MR) is 56.4 cm³/mol. The Morgan fingerprint density at radius 1 is 1.57 bits per heavy atom. The first kappa shape index (κ1) is 9.36. The number of hydrogen-bond acceptors (Lipinski definition) is 5. The smallest absolute Gasteiger partial charge is 0.339 e. The van der Waals surface area contributed by atoms with Gasteiger partial charge >= 0.3 is 5.97 Å². The lowest BCUT2D eigenvalue weighted by molar-refractivity contribution is 0.0603. The Morgan fingerprint density at radius 2 is 2.36 bits per heavy atom. The van der Waals surface area contributed by atoms with Gasteiger partial charge in [0.1, 0.15) is 0 Å². The van der Waals surface area contributed by atoms with Crippen LogP contribution in [0.1, 0.15) is 20.0 Å². The van der Waals surface area contributed by atoms with Crippen LogP contribution in [0.4, 0.5) is 0 Å². The summed E-state index contributed by atoms with van der Waals surface area (Å²) in [7, 11) is 1.35. The molecule has 0 aliphatic rings. The van der Waals surface area contributed by atoms with Crippen LogP contribution in [0, 0.1) is 0 Å². The molecule has 0 aliphatic carbocycles. The molecule has 0 N–H and O–H groups in total. The van der Waals surface area contributed by atoms with Gasteiger partial charge in [0.05, 0.1) is 21.6 Å². The maximum Gasteiger partial charge on any atom is 0.339 e. The van der Waals surface area contributed by atoms with Crippen molar-refractivity contribution >= 4 is 44.3 Å². The second-order valence-corrected chi connectivity index (χ2v) is 4.83. The molecule has 0 amide bonds. The summed E-state index contributed by atoms with van der Waals surface area (Å²) in [4.78, 5) is 22.4. The zero-order chi connectivity index (χ0) is 10.1. The van der Waals surface area contributed by atoms with Crippen LogP contribution in [0.5, 0.6) is 0 Å². The van der Waals surface area contributed by atoms with Gasteiger partial charge in [-0.1, -0.05) is 0 Å². The summed E-state index contributed by atoms with van der Waals surface area (Å²) in [5.74, 6) is -0.355. The SMILES string of the molecule is COC(=O)c1csc2sc(C=O)cc12. The van der Waals surface area contributed by atoms with Crippen molar-refractivity contribution in [2.75, 3.05) is 7.11 Å². The van der Waals surface area contributed by atoms with Gasteiger partial charge in [0.15, 0.2) is 6.29 Å². The molecule has 72 valence electrons. The minimum absolute atomic E-state index is 0.355. The van der Waals surface area contributed by atoms with Gasteiger partial charge < -0.3 is 4.74 Å². The number of esters is 1. The molecule has 0 saturated heterocycles. The quantitative estimate of drug-likeness (QED) is 0.584. The standard InChI is InChI=1S/C9H6O3S2/c1-12-8(11)7-4-13-9-6(7)2-5(3-10)14-9/h2-4H,1H3. The molecule has 14 heavy (non-hydrogen) atoms. The van der Waals surface area contributed by atoms with Crippen LogP contribution in [0.25, 0.3) is 9.40 Å². The Kier molecular flexibility index (Phi) is 2.35. The third-order valence-electron chi connectivity index (χ3n) is 1.81. The molecular weight excluding hydrogens is 220 g/mol. The Bertz CT molecular complexity index is 495. The van der Waals surface area contributed by atoms with Crippen molar-refractivity contribution in [1.29, 1.82) is 0 Å². The fraction of sp³-hybridized carbons (Fsp3) is 0.111. The molecule has 0 unspecified atom stereocenters. The number of rotatable bonds is 2.